The third kappa shape index (κ3) is 5.30. The third-order valence-corrected chi connectivity index (χ3v) is 2.79. The van der Waals surface area contributed by atoms with Gasteiger partial charge in [-0.2, -0.15) is 0 Å². The molecule has 0 bridgehead atoms. The predicted molar refractivity (Wildman–Crippen MR) is 74.2 cm³/mol. The normalized spacial score (nSPS) is 10.3. The Balaban J connectivity index is 2.38. The lowest BCUT2D eigenvalue weighted by Gasteiger charge is -1.94. The summed E-state index contributed by atoms with van der Waals surface area (Å²) in [6.45, 7) is 4.15. The number of nitrogens with zero attached hydrogens (tertiary/aromatic N) is 1. The molecular formula is C11H12INOS. The fourth-order valence-corrected chi connectivity index (χ4v) is 2.18. The van der Waals surface area contributed by atoms with Gasteiger partial charge < -0.3 is 4.74 Å². The van der Waals surface area contributed by atoms with Crippen LogP contribution in [0.4, 0.5) is 0 Å². The van der Waals surface area contributed by atoms with E-state index in [-0.39, 0.29) is 0 Å². The molecule has 0 spiro atoms. The molecule has 2 nitrogen and oxygen atoms in total. The molecular weight excluding hydrogens is 321 g/mol. The molecule has 0 aliphatic rings. The second-order valence-electron chi connectivity index (χ2n) is 2.65. The average Bonchev–Trinajstić information content (AvgIpc) is 2.66. The summed E-state index contributed by atoms with van der Waals surface area (Å²) in [5, 5.41) is 0. The van der Waals surface area contributed by atoms with Crippen molar-refractivity contribution in [1.82, 2.24) is 0 Å². The molecule has 4 heteroatoms. The monoisotopic (exact) mass is 333 g/mol. The van der Waals surface area contributed by atoms with Crippen molar-refractivity contribution in [2.45, 2.75) is 6.92 Å². The van der Waals surface area contributed by atoms with Gasteiger partial charge in [-0.25, -0.2) is 0 Å². The van der Waals surface area contributed by atoms with E-state index in [1.807, 2.05) is 47.9 Å². The number of aliphatic imine (C=N–C) groups is 1. The number of hydrogen-bond donors (Lipinski definition) is 0. The largest absolute Gasteiger partial charge is 0.380 e. The van der Waals surface area contributed by atoms with Crippen LogP contribution >= 0.6 is 33.9 Å². The Morgan fingerprint density at radius 1 is 1.60 bits per heavy atom. The van der Waals surface area contributed by atoms with E-state index < -0.39 is 0 Å². The summed E-state index contributed by atoms with van der Waals surface area (Å²) in [4.78, 5) is 6.48. The Labute approximate surface area is 108 Å². The van der Waals surface area contributed by atoms with E-state index in [9.17, 15) is 0 Å². The topological polar surface area (TPSA) is 21.6 Å². The van der Waals surface area contributed by atoms with Crippen molar-refractivity contribution >= 4 is 40.1 Å². The highest BCUT2D eigenvalue weighted by Crippen LogP contribution is 2.13. The Hall–Kier alpha value is -0.380. The summed E-state index contributed by atoms with van der Waals surface area (Å²) < 4.78 is 8.03. The van der Waals surface area contributed by atoms with Crippen LogP contribution < -0.4 is 0 Å². The molecule has 15 heavy (non-hydrogen) atoms. The second-order valence-corrected chi connectivity index (χ2v) is 4.31. The molecule has 0 unspecified atom stereocenters. The van der Waals surface area contributed by atoms with Crippen LogP contribution in [0, 0.1) is 9.85 Å². The molecule has 0 atom stereocenters. The van der Waals surface area contributed by atoms with Gasteiger partial charge in [-0.3, -0.25) is 4.99 Å². The average molecular weight is 333 g/mol. The van der Waals surface area contributed by atoms with Crippen LogP contribution in [0.3, 0.4) is 0 Å². The lowest BCUT2D eigenvalue weighted by atomic mass is 10.4. The number of ether oxygens (including phenoxy) is 1. The van der Waals surface area contributed by atoms with E-state index in [1.54, 1.807) is 11.3 Å². The number of thiophene rings is 1. The van der Waals surface area contributed by atoms with Crippen molar-refractivity contribution in [3.8, 4) is 9.85 Å². The molecule has 1 aromatic rings. The van der Waals surface area contributed by atoms with Crippen LogP contribution in [0.1, 0.15) is 16.7 Å². The minimum absolute atomic E-state index is 0.693. The highest BCUT2D eigenvalue weighted by molar-refractivity contribution is 14.1. The molecule has 0 saturated carbocycles. The van der Waals surface area contributed by atoms with Gasteiger partial charge in [0.1, 0.15) is 0 Å². The van der Waals surface area contributed by atoms with Gasteiger partial charge >= 0.3 is 0 Å². The molecule has 0 amide bonds. The molecule has 0 N–H and O–H groups in total. The zero-order valence-electron chi connectivity index (χ0n) is 8.50. The van der Waals surface area contributed by atoms with Gasteiger partial charge in [-0.05, 0) is 28.9 Å². The second kappa shape index (κ2) is 7.85. The van der Waals surface area contributed by atoms with Crippen molar-refractivity contribution in [1.29, 1.82) is 0 Å². The maximum absolute atomic E-state index is 5.18. The third-order valence-electron chi connectivity index (χ3n) is 1.58. The molecule has 0 aliphatic carbocycles. The molecule has 1 rings (SSSR count). The summed E-state index contributed by atoms with van der Waals surface area (Å²) in [5.41, 5.74) is 0. The molecule has 1 aromatic heterocycles. The summed E-state index contributed by atoms with van der Waals surface area (Å²) in [7, 11) is 0. The number of halogens is 1. The van der Waals surface area contributed by atoms with Crippen molar-refractivity contribution in [3.63, 3.8) is 0 Å². The quantitative estimate of drug-likeness (QED) is 0.351. The molecule has 0 saturated heterocycles. The van der Waals surface area contributed by atoms with Crippen LogP contribution in [0.5, 0.6) is 0 Å². The highest BCUT2D eigenvalue weighted by atomic mass is 127. The van der Waals surface area contributed by atoms with E-state index >= 15 is 0 Å². The van der Waals surface area contributed by atoms with Crippen molar-refractivity contribution in [2.24, 2.45) is 4.99 Å². The summed E-state index contributed by atoms with van der Waals surface area (Å²) in [5.74, 6) is 3.01. The maximum Gasteiger partial charge on any atom is 0.0783 e. The molecule has 1 heterocycles. The fraction of sp³-hybridized carbons (Fsp3) is 0.364. The first kappa shape index (κ1) is 12.7. The van der Waals surface area contributed by atoms with Crippen molar-refractivity contribution in [2.75, 3.05) is 19.8 Å². The highest BCUT2D eigenvalue weighted by Gasteiger charge is 1.93. The summed E-state index contributed by atoms with van der Waals surface area (Å²) in [6, 6.07) is 4.05. The first-order valence-corrected chi connectivity index (χ1v) is 6.55. The van der Waals surface area contributed by atoms with Crippen LogP contribution in [0.25, 0.3) is 0 Å². The minimum atomic E-state index is 0.693. The van der Waals surface area contributed by atoms with Crippen LogP contribution in [0.2, 0.25) is 0 Å². The van der Waals surface area contributed by atoms with Crippen molar-refractivity contribution in [3.05, 3.63) is 21.9 Å². The predicted octanol–water partition coefficient (Wildman–Crippen LogP) is 2.95. The fourth-order valence-electron chi connectivity index (χ4n) is 0.952. The van der Waals surface area contributed by atoms with Crippen molar-refractivity contribution < 1.29 is 4.74 Å². The number of rotatable bonds is 5. The molecule has 0 radical (unpaired) electrons. The van der Waals surface area contributed by atoms with Crippen LogP contribution in [0.15, 0.2) is 17.1 Å². The molecule has 80 valence electrons. The van der Waals surface area contributed by atoms with Gasteiger partial charge in [0, 0.05) is 40.3 Å². The van der Waals surface area contributed by atoms with E-state index in [2.05, 4.69) is 14.8 Å². The molecule has 0 aromatic carbocycles. The molecule has 0 aliphatic heterocycles. The van der Waals surface area contributed by atoms with Gasteiger partial charge in [-0.1, -0.05) is 0 Å². The Morgan fingerprint density at radius 3 is 3.20 bits per heavy atom. The SMILES string of the molecule is CCOCCN=Cc1ccc(C#CI)s1. The van der Waals surface area contributed by atoms with E-state index in [1.165, 1.54) is 0 Å². The van der Waals surface area contributed by atoms with Gasteiger partial charge in [0.25, 0.3) is 0 Å². The van der Waals surface area contributed by atoms with Crippen LogP contribution in [-0.2, 0) is 4.74 Å². The summed E-state index contributed by atoms with van der Waals surface area (Å²) >= 11 is 3.69. The van der Waals surface area contributed by atoms with Gasteiger partial charge in [-0.15, -0.1) is 11.3 Å². The lowest BCUT2D eigenvalue weighted by Crippen LogP contribution is -1.96. The van der Waals surface area contributed by atoms with Gasteiger partial charge in [0.15, 0.2) is 0 Å². The Kier molecular flexibility index (Phi) is 6.64. The minimum Gasteiger partial charge on any atom is -0.380 e. The van der Waals surface area contributed by atoms with E-state index in [0.717, 1.165) is 22.9 Å². The van der Waals surface area contributed by atoms with E-state index in [0.29, 0.717) is 6.61 Å². The van der Waals surface area contributed by atoms with E-state index in [4.69, 9.17) is 4.74 Å². The zero-order valence-corrected chi connectivity index (χ0v) is 11.5. The maximum atomic E-state index is 5.18. The van der Waals surface area contributed by atoms with Crippen LogP contribution in [-0.4, -0.2) is 26.0 Å². The smallest absolute Gasteiger partial charge is 0.0783 e. The summed E-state index contributed by atoms with van der Waals surface area (Å²) in [6.07, 6.45) is 1.88. The molecule has 0 fully saturated rings. The lowest BCUT2D eigenvalue weighted by molar-refractivity contribution is 0.156. The van der Waals surface area contributed by atoms with Gasteiger partial charge in [0.2, 0.25) is 0 Å². The van der Waals surface area contributed by atoms with Gasteiger partial charge in [0.05, 0.1) is 18.0 Å². The zero-order chi connectivity index (χ0) is 10.9. The Bertz CT molecular complexity index is 375. The standard InChI is InChI=1S/C11H12INOS/c1-2-14-8-7-13-9-11-4-3-10(15-11)5-6-12/h3-4,9H,2,7-8H2,1H3. The number of hydrogen-bond acceptors (Lipinski definition) is 3. The first-order valence-electron chi connectivity index (χ1n) is 4.66. The Morgan fingerprint density at radius 2 is 2.47 bits per heavy atom. The first-order chi connectivity index (χ1) is 7.36.